The largest absolute Gasteiger partial charge is 0.506 e. The van der Waals surface area contributed by atoms with Gasteiger partial charge in [0, 0.05) is 28.4 Å². The van der Waals surface area contributed by atoms with E-state index in [1.54, 1.807) is 11.8 Å². The summed E-state index contributed by atoms with van der Waals surface area (Å²) < 4.78 is 0.714. The lowest BCUT2D eigenvalue weighted by molar-refractivity contribution is 0.465. The lowest BCUT2D eigenvalue weighted by atomic mass is 10.2. The molecule has 0 aliphatic heterocycles. The van der Waals surface area contributed by atoms with Crippen molar-refractivity contribution < 1.29 is 5.11 Å². The topological polar surface area (TPSA) is 32.3 Å². The van der Waals surface area contributed by atoms with Crippen LogP contribution in [0.1, 0.15) is 5.56 Å². The van der Waals surface area contributed by atoms with Gasteiger partial charge in [-0.05, 0) is 34.1 Å². The van der Waals surface area contributed by atoms with Gasteiger partial charge in [-0.3, -0.25) is 0 Å². The molecule has 0 amide bonds. The summed E-state index contributed by atoms with van der Waals surface area (Å²) in [5.74, 6) is 1.16. The van der Waals surface area contributed by atoms with Crippen molar-refractivity contribution in [2.24, 2.45) is 0 Å². The number of aromatic hydroxyl groups is 1. The minimum absolute atomic E-state index is 0.288. The number of halogens is 1. The molecule has 0 fully saturated rings. The van der Waals surface area contributed by atoms with Crippen LogP contribution in [0.25, 0.3) is 0 Å². The molecule has 0 aromatic heterocycles. The van der Waals surface area contributed by atoms with Crippen LogP contribution in [0.2, 0.25) is 0 Å². The maximum absolute atomic E-state index is 9.98. The molecule has 2 aromatic carbocycles. The number of phenolic OH excluding ortho intramolecular Hbond substituents is 1. The SMILES string of the molecule is C=CCSc1ccccc1NCc1cccc(Br)c1O. The standard InChI is InChI=1S/C16H16BrNOS/c1-2-10-20-15-9-4-3-8-14(15)18-11-12-6-5-7-13(17)16(12)19/h2-9,18-19H,1,10-11H2. The van der Waals surface area contributed by atoms with Gasteiger partial charge < -0.3 is 10.4 Å². The number of rotatable bonds is 6. The van der Waals surface area contributed by atoms with Gasteiger partial charge in [0.15, 0.2) is 0 Å². The molecule has 0 unspecified atom stereocenters. The number of benzene rings is 2. The molecule has 2 rings (SSSR count). The van der Waals surface area contributed by atoms with Gasteiger partial charge in [-0.1, -0.05) is 30.3 Å². The zero-order valence-electron chi connectivity index (χ0n) is 11.0. The number of para-hydroxylation sites is 2. The van der Waals surface area contributed by atoms with Gasteiger partial charge in [0.05, 0.1) is 4.47 Å². The molecule has 0 saturated heterocycles. The van der Waals surface area contributed by atoms with E-state index >= 15 is 0 Å². The second-order valence-corrected chi connectivity index (χ2v) is 6.11. The monoisotopic (exact) mass is 349 g/mol. The molecule has 0 heterocycles. The van der Waals surface area contributed by atoms with Crippen LogP contribution in [0.3, 0.4) is 0 Å². The van der Waals surface area contributed by atoms with Crippen LogP contribution in [-0.2, 0) is 6.54 Å². The summed E-state index contributed by atoms with van der Waals surface area (Å²) in [6.07, 6.45) is 1.89. The Hall–Kier alpha value is -1.39. The van der Waals surface area contributed by atoms with Crippen molar-refractivity contribution in [1.29, 1.82) is 0 Å². The molecule has 0 aliphatic carbocycles. The Morgan fingerprint density at radius 1 is 1.20 bits per heavy atom. The number of anilines is 1. The van der Waals surface area contributed by atoms with Gasteiger partial charge in [-0.2, -0.15) is 0 Å². The fraction of sp³-hybridized carbons (Fsp3) is 0.125. The van der Waals surface area contributed by atoms with Gasteiger partial charge in [-0.25, -0.2) is 0 Å². The summed E-state index contributed by atoms with van der Waals surface area (Å²) in [7, 11) is 0. The molecule has 0 atom stereocenters. The second-order valence-electron chi connectivity index (χ2n) is 4.20. The van der Waals surface area contributed by atoms with Crippen LogP contribution in [0.4, 0.5) is 5.69 Å². The van der Waals surface area contributed by atoms with Crippen molar-refractivity contribution in [1.82, 2.24) is 0 Å². The third kappa shape index (κ3) is 3.81. The Morgan fingerprint density at radius 3 is 2.80 bits per heavy atom. The normalized spacial score (nSPS) is 10.2. The Bertz CT molecular complexity index is 601. The van der Waals surface area contributed by atoms with Crippen LogP contribution >= 0.6 is 27.7 Å². The molecule has 0 aliphatic rings. The first-order valence-corrected chi connectivity index (χ1v) is 8.03. The molecule has 2 N–H and O–H groups in total. The maximum Gasteiger partial charge on any atom is 0.134 e. The highest BCUT2D eigenvalue weighted by Gasteiger charge is 2.06. The minimum atomic E-state index is 0.288. The van der Waals surface area contributed by atoms with Gasteiger partial charge in [0.2, 0.25) is 0 Å². The minimum Gasteiger partial charge on any atom is -0.506 e. The van der Waals surface area contributed by atoms with E-state index in [2.05, 4.69) is 33.9 Å². The zero-order valence-corrected chi connectivity index (χ0v) is 13.4. The molecule has 2 aromatic rings. The molecule has 0 bridgehead atoms. The number of hydrogen-bond donors (Lipinski definition) is 2. The molecular formula is C16H16BrNOS. The van der Waals surface area contributed by atoms with E-state index in [0.717, 1.165) is 17.0 Å². The predicted octanol–water partition coefficient (Wildman–Crippen LogP) is 5.04. The van der Waals surface area contributed by atoms with Crippen molar-refractivity contribution in [3.05, 3.63) is 65.2 Å². The lowest BCUT2D eigenvalue weighted by Gasteiger charge is -2.12. The Balaban J connectivity index is 2.10. The summed E-state index contributed by atoms with van der Waals surface area (Å²) in [5.41, 5.74) is 1.93. The van der Waals surface area contributed by atoms with E-state index in [4.69, 9.17) is 0 Å². The summed E-state index contributed by atoms with van der Waals surface area (Å²) in [4.78, 5) is 1.18. The Morgan fingerprint density at radius 2 is 2.00 bits per heavy atom. The van der Waals surface area contributed by atoms with Crippen molar-refractivity contribution in [2.45, 2.75) is 11.4 Å². The second kappa shape index (κ2) is 7.41. The quantitative estimate of drug-likeness (QED) is 0.565. The molecule has 0 saturated carbocycles. The smallest absolute Gasteiger partial charge is 0.134 e. The number of hydrogen-bond acceptors (Lipinski definition) is 3. The number of phenols is 1. The molecule has 4 heteroatoms. The Kier molecular flexibility index (Phi) is 5.56. The lowest BCUT2D eigenvalue weighted by Crippen LogP contribution is -2.01. The first-order chi connectivity index (χ1) is 9.72. The highest BCUT2D eigenvalue weighted by Crippen LogP contribution is 2.30. The number of nitrogens with one attached hydrogen (secondary N) is 1. The maximum atomic E-state index is 9.98. The first kappa shape index (κ1) is 15.0. The number of thioether (sulfide) groups is 1. The first-order valence-electron chi connectivity index (χ1n) is 6.25. The third-order valence-electron chi connectivity index (χ3n) is 2.78. The average molecular weight is 350 g/mol. The van der Waals surface area contributed by atoms with Crippen molar-refractivity contribution in [3.8, 4) is 5.75 Å². The van der Waals surface area contributed by atoms with E-state index in [-0.39, 0.29) is 5.75 Å². The van der Waals surface area contributed by atoms with E-state index in [9.17, 15) is 5.11 Å². The summed E-state index contributed by atoms with van der Waals surface area (Å²) in [5, 5.41) is 13.4. The third-order valence-corrected chi connectivity index (χ3v) is 4.49. The van der Waals surface area contributed by atoms with Crippen molar-refractivity contribution in [2.75, 3.05) is 11.1 Å². The highest BCUT2D eigenvalue weighted by atomic mass is 79.9. The van der Waals surface area contributed by atoms with Gasteiger partial charge >= 0.3 is 0 Å². The highest BCUT2D eigenvalue weighted by molar-refractivity contribution is 9.10. The molecule has 0 radical (unpaired) electrons. The van der Waals surface area contributed by atoms with Gasteiger partial charge in [0.1, 0.15) is 5.75 Å². The van der Waals surface area contributed by atoms with Crippen LogP contribution in [-0.4, -0.2) is 10.9 Å². The van der Waals surface area contributed by atoms with Crippen LogP contribution in [0.5, 0.6) is 5.75 Å². The molecule has 0 spiro atoms. The van der Waals surface area contributed by atoms with Crippen LogP contribution in [0, 0.1) is 0 Å². The molecule has 20 heavy (non-hydrogen) atoms. The van der Waals surface area contributed by atoms with Crippen molar-refractivity contribution in [3.63, 3.8) is 0 Å². The fourth-order valence-corrected chi connectivity index (χ4v) is 2.96. The summed E-state index contributed by atoms with van der Waals surface area (Å²) in [6, 6.07) is 13.8. The van der Waals surface area contributed by atoms with Gasteiger partial charge in [-0.15, -0.1) is 18.3 Å². The fourth-order valence-electron chi connectivity index (χ4n) is 1.78. The summed E-state index contributed by atoms with van der Waals surface area (Å²) >= 11 is 5.07. The summed E-state index contributed by atoms with van der Waals surface area (Å²) in [6.45, 7) is 4.32. The zero-order chi connectivity index (χ0) is 14.4. The van der Waals surface area contributed by atoms with Gasteiger partial charge in [0.25, 0.3) is 0 Å². The van der Waals surface area contributed by atoms with Crippen molar-refractivity contribution >= 4 is 33.4 Å². The molecule has 104 valence electrons. The van der Waals surface area contributed by atoms with Crippen LogP contribution < -0.4 is 5.32 Å². The van der Waals surface area contributed by atoms with E-state index in [0.29, 0.717) is 11.0 Å². The molecule has 2 nitrogen and oxygen atoms in total. The Labute approximate surface area is 132 Å². The average Bonchev–Trinajstić information content (AvgIpc) is 2.47. The van der Waals surface area contributed by atoms with E-state index in [1.165, 1.54) is 4.90 Å². The van der Waals surface area contributed by atoms with E-state index in [1.807, 2.05) is 42.5 Å². The van der Waals surface area contributed by atoms with E-state index < -0.39 is 0 Å². The predicted molar refractivity (Wildman–Crippen MR) is 90.5 cm³/mol. The van der Waals surface area contributed by atoms with Crippen LogP contribution in [0.15, 0.2) is 64.5 Å². The molecular weight excluding hydrogens is 334 g/mol.